The first kappa shape index (κ1) is 21.7. The molecule has 0 saturated heterocycles. The smallest absolute Gasteiger partial charge is 0.321 e. The van der Waals surface area contributed by atoms with Gasteiger partial charge in [0.15, 0.2) is 5.78 Å². The minimum atomic E-state index is -1.14. The molecule has 0 spiro atoms. The highest BCUT2D eigenvalue weighted by molar-refractivity contribution is 6.09. The van der Waals surface area contributed by atoms with Gasteiger partial charge < -0.3 is 9.52 Å². The van der Waals surface area contributed by atoms with Crippen molar-refractivity contribution in [3.63, 3.8) is 0 Å². The van der Waals surface area contributed by atoms with Gasteiger partial charge in [-0.3, -0.25) is 19.7 Å². The normalized spacial score (nSPS) is 12.3. The second kappa shape index (κ2) is 10.2. The number of para-hydroxylation sites is 1. The van der Waals surface area contributed by atoms with E-state index in [1.54, 1.807) is 18.2 Å². The van der Waals surface area contributed by atoms with Crippen molar-refractivity contribution >= 4 is 39.5 Å². The predicted octanol–water partition coefficient (Wildman–Crippen LogP) is 4.74. The van der Waals surface area contributed by atoms with Crippen LogP contribution in [0.2, 0.25) is 0 Å². The first-order chi connectivity index (χ1) is 14.5. The van der Waals surface area contributed by atoms with Crippen molar-refractivity contribution in [3.05, 3.63) is 48.0 Å². The molecule has 0 unspecified atom stereocenters. The average Bonchev–Trinajstić information content (AvgIpc) is 3.11. The lowest BCUT2D eigenvalue weighted by Gasteiger charge is -2.13. The molecule has 6 nitrogen and oxygen atoms in total. The molecule has 158 valence electrons. The van der Waals surface area contributed by atoms with Crippen LogP contribution in [0.5, 0.6) is 0 Å². The van der Waals surface area contributed by atoms with Gasteiger partial charge in [0.1, 0.15) is 23.0 Å². The number of carbonyl (C=O) groups excluding carboxylic acids is 2. The van der Waals surface area contributed by atoms with Gasteiger partial charge in [-0.15, -0.1) is 0 Å². The number of ketones is 2. The number of furan rings is 1. The zero-order chi connectivity index (χ0) is 21.5. The number of nitrogens with one attached hydrogen (secondary N) is 1. The molecule has 2 N–H and O–H groups in total. The third kappa shape index (κ3) is 5.33. The highest BCUT2D eigenvalue weighted by Gasteiger charge is 2.23. The monoisotopic (exact) mass is 409 g/mol. The van der Waals surface area contributed by atoms with E-state index in [2.05, 4.69) is 12.2 Å². The zero-order valence-electron chi connectivity index (χ0n) is 17.1. The molecule has 3 aromatic rings. The Morgan fingerprint density at radius 3 is 2.53 bits per heavy atom. The van der Waals surface area contributed by atoms with Gasteiger partial charge in [-0.05, 0) is 30.7 Å². The Kier molecular flexibility index (Phi) is 7.36. The molecular weight excluding hydrogens is 382 g/mol. The molecule has 3 rings (SSSR count). The van der Waals surface area contributed by atoms with Crippen LogP contribution in [0.15, 0.2) is 46.9 Å². The van der Waals surface area contributed by atoms with Gasteiger partial charge in [-0.2, -0.15) is 0 Å². The van der Waals surface area contributed by atoms with E-state index < -0.39 is 12.0 Å². The summed E-state index contributed by atoms with van der Waals surface area (Å²) in [5.41, 5.74) is 1.84. The Morgan fingerprint density at radius 2 is 1.77 bits per heavy atom. The lowest BCUT2D eigenvalue weighted by atomic mass is 10.0. The number of Topliss-reactive ketones (excluding diaryl/α,β-unsaturated/α-hetero) is 2. The van der Waals surface area contributed by atoms with Crippen LogP contribution in [0, 0.1) is 0 Å². The molecular formula is C24H27NO5. The molecule has 30 heavy (non-hydrogen) atoms. The molecule has 2 aromatic carbocycles. The summed E-state index contributed by atoms with van der Waals surface area (Å²) in [6.45, 7) is 2.06. The molecule has 0 aliphatic carbocycles. The van der Waals surface area contributed by atoms with Crippen LogP contribution < -0.4 is 5.32 Å². The van der Waals surface area contributed by atoms with Crippen LogP contribution in [0.1, 0.15) is 55.8 Å². The minimum absolute atomic E-state index is 0.0314. The number of carboxylic acids is 1. The van der Waals surface area contributed by atoms with Crippen LogP contribution >= 0.6 is 0 Å². The van der Waals surface area contributed by atoms with Crippen molar-refractivity contribution in [2.45, 2.75) is 51.5 Å². The van der Waals surface area contributed by atoms with Gasteiger partial charge in [-0.1, -0.05) is 44.4 Å². The third-order valence-electron chi connectivity index (χ3n) is 5.24. The van der Waals surface area contributed by atoms with Crippen LogP contribution in [0.25, 0.3) is 21.9 Å². The van der Waals surface area contributed by atoms with E-state index in [9.17, 15) is 19.5 Å². The molecule has 0 amide bonds. The summed E-state index contributed by atoms with van der Waals surface area (Å²) in [6.07, 6.45) is 4.19. The second-order valence-corrected chi connectivity index (χ2v) is 7.56. The number of carbonyl (C=O) groups is 3. The maximum Gasteiger partial charge on any atom is 0.321 e. The predicted molar refractivity (Wildman–Crippen MR) is 116 cm³/mol. The maximum atomic E-state index is 12.7. The average molecular weight is 409 g/mol. The van der Waals surface area contributed by atoms with Gasteiger partial charge in [-0.25, -0.2) is 0 Å². The lowest BCUT2D eigenvalue weighted by Crippen LogP contribution is -2.41. The molecule has 0 aliphatic heterocycles. The second-order valence-electron chi connectivity index (χ2n) is 7.56. The van der Waals surface area contributed by atoms with Crippen LogP contribution in [0.4, 0.5) is 0 Å². The number of rotatable bonds is 12. The molecule has 0 bridgehead atoms. The summed E-state index contributed by atoms with van der Waals surface area (Å²) in [5.74, 6) is -1.47. The summed E-state index contributed by atoms with van der Waals surface area (Å²) < 4.78 is 5.76. The van der Waals surface area contributed by atoms with E-state index in [0.29, 0.717) is 17.6 Å². The number of aliphatic carboxylic acids is 1. The fourth-order valence-electron chi connectivity index (χ4n) is 3.52. The molecule has 0 saturated carbocycles. The number of benzene rings is 2. The van der Waals surface area contributed by atoms with Crippen molar-refractivity contribution in [1.82, 2.24) is 5.32 Å². The Balaban J connectivity index is 1.64. The van der Waals surface area contributed by atoms with Crippen molar-refractivity contribution in [3.8, 4) is 0 Å². The Hall–Kier alpha value is -2.99. The van der Waals surface area contributed by atoms with Crippen LogP contribution in [0.3, 0.4) is 0 Å². The topological polar surface area (TPSA) is 96.6 Å². The van der Waals surface area contributed by atoms with Gasteiger partial charge >= 0.3 is 5.97 Å². The number of carboxylic acid groups (broad SMARTS) is 1. The molecule has 0 fully saturated rings. The third-order valence-corrected chi connectivity index (χ3v) is 5.24. The molecule has 0 radical (unpaired) electrons. The Morgan fingerprint density at radius 1 is 1.00 bits per heavy atom. The summed E-state index contributed by atoms with van der Waals surface area (Å²) >= 11 is 0. The fourth-order valence-corrected chi connectivity index (χ4v) is 3.52. The summed E-state index contributed by atoms with van der Waals surface area (Å²) in [5, 5.41) is 13.9. The van der Waals surface area contributed by atoms with Crippen molar-refractivity contribution in [1.29, 1.82) is 0 Å². The SMILES string of the molecule is CCCCCCC(=O)CN[C@@H](CC(=O)c1ccc2oc3ccccc3c2c1)C(=O)O. The Labute approximate surface area is 175 Å². The van der Waals surface area contributed by atoms with E-state index in [4.69, 9.17) is 4.42 Å². The quantitative estimate of drug-likeness (QED) is 0.331. The molecule has 6 heteroatoms. The van der Waals surface area contributed by atoms with E-state index in [1.165, 1.54) is 0 Å². The van der Waals surface area contributed by atoms with Gasteiger partial charge in [0.25, 0.3) is 0 Å². The Bertz CT molecular complexity index is 1050. The highest BCUT2D eigenvalue weighted by atomic mass is 16.4. The minimum Gasteiger partial charge on any atom is -0.480 e. The highest BCUT2D eigenvalue weighted by Crippen LogP contribution is 2.29. The van der Waals surface area contributed by atoms with Gasteiger partial charge in [0.05, 0.1) is 6.54 Å². The molecule has 0 aliphatic rings. The van der Waals surface area contributed by atoms with Crippen molar-refractivity contribution in [2.24, 2.45) is 0 Å². The first-order valence-corrected chi connectivity index (χ1v) is 10.4. The molecule has 1 atom stereocenters. The number of unbranched alkanes of at least 4 members (excludes halogenated alkanes) is 3. The van der Waals surface area contributed by atoms with E-state index >= 15 is 0 Å². The van der Waals surface area contributed by atoms with E-state index in [-0.39, 0.29) is 24.5 Å². The first-order valence-electron chi connectivity index (χ1n) is 10.4. The van der Waals surface area contributed by atoms with Gasteiger partial charge in [0, 0.05) is 29.2 Å². The number of hydrogen-bond acceptors (Lipinski definition) is 5. The molecule has 1 heterocycles. The van der Waals surface area contributed by atoms with Gasteiger partial charge in [0.2, 0.25) is 0 Å². The maximum absolute atomic E-state index is 12.7. The van der Waals surface area contributed by atoms with Crippen molar-refractivity contribution < 1.29 is 23.9 Å². The van der Waals surface area contributed by atoms with E-state index in [0.717, 1.165) is 42.0 Å². The largest absolute Gasteiger partial charge is 0.480 e. The fraction of sp³-hybridized carbons (Fsp3) is 0.375. The number of hydrogen-bond donors (Lipinski definition) is 2. The summed E-state index contributed by atoms with van der Waals surface area (Å²) in [6, 6.07) is 11.6. The standard InChI is InChI=1S/C24H27NO5/c1-2-3-4-5-8-17(26)15-25-20(24(28)29)14-21(27)16-11-12-23-19(13-16)18-9-6-7-10-22(18)30-23/h6-7,9-13,20,25H,2-5,8,14-15H2,1H3,(H,28,29)/t20-/m0/s1. The van der Waals surface area contributed by atoms with E-state index in [1.807, 2.05) is 24.3 Å². The lowest BCUT2D eigenvalue weighted by molar-refractivity contribution is -0.139. The summed E-state index contributed by atoms with van der Waals surface area (Å²) in [7, 11) is 0. The van der Waals surface area contributed by atoms with Crippen molar-refractivity contribution in [2.75, 3.05) is 6.54 Å². The molecule has 1 aromatic heterocycles. The summed E-state index contributed by atoms with van der Waals surface area (Å²) in [4.78, 5) is 36.3. The zero-order valence-corrected chi connectivity index (χ0v) is 17.1. The van der Waals surface area contributed by atoms with Crippen LogP contribution in [-0.4, -0.2) is 35.2 Å². The number of fused-ring (bicyclic) bond motifs is 3. The van der Waals surface area contributed by atoms with Crippen LogP contribution in [-0.2, 0) is 9.59 Å².